The lowest BCUT2D eigenvalue weighted by Gasteiger charge is -2.23. The number of rotatable bonds is 4. The predicted octanol–water partition coefficient (Wildman–Crippen LogP) is 5.80. The molecule has 0 bridgehead atoms. The summed E-state index contributed by atoms with van der Waals surface area (Å²) in [7, 11) is 0. The van der Waals surface area contributed by atoms with E-state index in [1.165, 1.54) is 6.07 Å². The smallest absolute Gasteiger partial charge is 0.278 e. The SMILES string of the molecule is CC1CCC=CC1c1ncc(F)c(OCc2ccc(Cl)c3cc(F)oc23)n1. The Balaban J connectivity index is 1.60. The van der Waals surface area contributed by atoms with Gasteiger partial charge in [-0.2, -0.15) is 13.8 Å². The summed E-state index contributed by atoms with van der Waals surface area (Å²) in [5.74, 6) is 0.141. The van der Waals surface area contributed by atoms with Crippen molar-refractivity contribution in [3.8, 4) is 5.88 Å². The zero-order valence-electron chi connectivity index (χ0n) is 14.6. The van der Waals surface area contributed by atoms with E-state index < -0.39 is 11.8 Å². The number of nitrogens with zero attached hydrogens (tertiary/aromatic N) is 2. The predicted molar refractivity (Wildman–Crippen MR) is 97.8 cm³/mol. The first-order chi connectivity index (χ1) is 13.0. The van der Waals surface area contributed by atoms with Gasteiger partial charge in [-0.1, -0.05) is 36.7 Å². The number of hydrogen-bond donors (Lipinski definition) is 0. The van der Waals surface area contributed by atoms with E-state index in [2.05, 4.69) is 29.0 Å². The second kappa shape index (κ2) is 7.27. The summed E-state index contributed by atoms with van der Waals surface area (Å²) in [6, 6.07) is 3.74. The fourth-order valence-corrected chi connectivity index (χ4v) is 3.52. The van der Waals surface area contributed by atoms with Crippen LogP contribution in [0.1, 0.15) is 37.1 Å². The van der Waals surface area contributed by atoms with Crippen molar-refractivity contribution in [2.45, 2.75) is 32.3 Å². The highest BCUT2D eigenvalue weighted by Crippen LogP contribution is 2.33. The van der Waals surface area contributed by atoms with Crippen LogP contribution >= 0.6 is 11.6 Å². The minimum absolute atomic E-state index is 0.0307. The maximum absolute atomic E-state index is 14.1. The van der Waals surface area contributed by atoms with E-state index >= 15 is 0 Å². The van der Waals surface area contributed by atoms with Gasteiger partial charge in [-0.25, -0.2) is 4.98 Å². The Bertz CT molecular complexity index is 1020. The molecule has 140 valence electrons. The highest BCUT2D eigenvalue weighted by Gasteiger charge is 2.23. The molecular formula is C20H17ClF2N2O2. The quantitative estimate of drug-likeness (QED) is 0.528. The lowest BCUT2D eigenvalue weighted by Crippen LogP contribution is -2.15. The van der Waals surface area contributed by atoms with Crippen molar-refractivity contribution in [2.24, 2.45) is 5.92 Å². The number of hydrogen-bond acceptors (Lipinski definition) is 4. The first kappa shape index (κ1) is 17.9. The van der Waals surface area contributed by atoms with Crippen molar-refractivity contribution in [1.29, 1.82) is 0 Å². The zero-order valence-corrected chi connectivity index (χ0v) is 15.3. The van der Waals surface area contributed by atoms with Crippen LogP contribution in [0, 0.1) is 17.7 Å². The Hall–Kier alpha value is -2.47. The fraction of sp³-hybridized carbons (Fsp3) is 0.300. The van der Waals surface area contributed by atoms with Gasteiger partial charge in [-0.05, 0) is 24.8 Å². The minimum atomic E-state index is -0.743. The molecule has 0 fully saturated rings. The van der Waals surface area contributed by atoms with E-state index in [9.17, 15) is 8.78 Å². The molecule has 1 aliphatic rings. The van der Waals surface area contributed by atoms with Gasteiger partial charge in [0.15, 0.2) is 0 Å². The molecule has 4 nitrogen and oxygen atoms in total. The second-order valence-corrected chi connectivity index (χ2v) is 7.09. The van der Waals surface area contributed by atoms with E-state index in [0.29, 0.717) is 27.7 Å². The summed E-state index contributed by atoms with van der Waals surface area (Å²) in [4.78, 5) is 8.40. The lowest BCUT2D eigenvalue weighted by atomic mass is 9.85. The van der Waals surface area contributed by atoms with Gasteiger partial charge in [0.1, 0.15) is 18.0 Å². The van der Waals surface area contributed by atoms with E-state index in [-0.39, 0.29) is 24.0 Å². The molecule has 0 amide bonds. The van der Waals surface area contributed by atoms with Crippen LogP contribution < -0.4 is 4.74 Å². The van der Waals surface area contributed by atoms with Gasteiger partial charge in [-0.3, -0.25) is 0 Å². The Labute approximate surface area is 159 Å². The molecule has 0 aliphatic heterocycles. The number of furan rings is 1. The van der Waals surface area contributed by atoms with E-state index in [1.54, 1.807) is 12.1 Å². The average molecular weight is 391 g/mol. The summed E-state index contributed by atoms with van der Waals surface area (Å²) in [5.41, 5.74) is 0.822. The standard InChI is InChI=1S/C20H17ClF2N2O2/c1-11-4-2-3-5-13(11)19-24-9-16(22)20(25-19)26-10-12-6-7-15(21)14-8-17(23)27-18(12)14/h3,5-9,11,13H,2,4,10H2,1H3. The molecule has 3 aromatic rings. The molecule has 1 aliphatic carbocycles. The molecule has 2 unspecified atom stereocenters. The Morgan fingerprint density at radius 2 is 2.19 bits per heavy atom. The topological polar surface area (TPSA) is 48.2 Å². The molecule has 0 N–H and O–H groups in total. The largest absolute Gasteiger partial charge is 0.470 e. The molecule has 0 radical (unpaired) electrons. The van der Waals surface area contributed by atoms with Crippen molar-refractivity contribution in [2.75, 3.05) is 0 Å². The van der Waals surface area contributed by atoms with Gasteiger partial charge in [0.05, 0.1) is 11.2 Å². The molecule has 2 aromatic heterocycles. The third kappa shape index (κ3) is 3.54. The Morgan fingerprint density at radius 1 is 1.33 bits per heavy atom. The first-order valence-electron chi connectivity index (χ1n) is 8.71. The molecule has 4 rings (SSSR count). The zero-order chi connectivity index (χ0) is 19.0. The van der Waals surface area contributed by atoms with Crippen LogP contribution in [-0.4, -0.2) is 9.97 Å². The number of benzene rings is 1. The number of halogens is 3. The molecule has 1 aromatic carbocycles. The molecule has 7 heteroatoms. The van der Waals surface area contributed by atoms with Crippen LogP contribution in [0.25, 0.3) is 11.0 Å². The van der Waals surface area contributed by atoms with Crippen molar-refractivity contribution < 1.29 is 17.9 Å². The molecule has 0 spiro atoms. The van der Waals surface area contributed by atoms with Crippen molar-refractivity contribution >= 4 is 22.6 Å². The van der Waals surface area contributed by atoms with Gasteiger partial charge in [0.25, 0.3) is 11.9 Å². The van der Waals surface area contributed by atoms with Crippen LogP contribution in [0.4, 0.5) is 8.78 Å². The van der Waals surface area contributed by atoms with Gasteiger partial charge >= 0.3 is 0 Å². The minimum Gasteiger partial charge on any atom is -0.470 e. The van der Waals surface area contributed by atoms with Gasteiger partial charge < -0.3 is 9.15 Å². The summed E-state index contributed by atoms with van der Waals surface area (Å²) in [5, 5.41) is 0.815. The monoisotopic (exact) mass is 390 g/mol. The first-order valence-corrected chi connectivity index (χ1v) is 9.09. The fourth-order valence-electron chi connectivity index (χ4n) is 3.31. The highest BCUT2D eigenvalue weighted by molar-refractivity contribution is 6.35. The van der Waals surface area contributed by atoms with Crippen LogP contribution in [-0.2, 0) is 6.61 Å². The maximum Gasteiger partial charge on any atom is 0.278 e. The van der Waals surface area contributed by atoms with Crippen LogP contribution in [0.3, 0.4) is 0 Å². The van der Waals surface area contributed by atoms with E-state index in [4.69, 9.17) is 20.8 Å². The highest BCUT2D eigenvalue weighted by atomic mass is 35.5. The van der Waals surface area contributed by atoms with Crippen LogP contribution in [0.2, 0.25) is 5.02 Å². The van der Waals surface area contributed by atoms with Crippen LogP contribution in [0.5, 0.6) is 5.88 Å². The van der Waals surface area contributed by atoms with Crippen molar-refractivity contribution in [3.05, 3.63) is 64.8 Å². The second-order valence-electron chi connectivity index (χ2n) is 6.68. The summed E-state index contributed by atoms with van der Waals surface area (Å²) in [6.45, 7) is 2.08. The average Bonchev–Trinajstić information content (AvgIpc) is 3.06. The summed E-state index contributed by atoms with van der Waals surface area (Å²) in [6.07, 6.45) is 7.32. The summed E-state index contributed by atoms with van der Waals surface area (Å²) < 4.78 is 38.2. The van der Waals surface area contributed by atoms with Gasteiger partial charge in [0.2, 0.25) is 5.82 Å². The van der Waals surface area contributed by atoms with E-state index in [0.717, 1.165) is 19.0 Å². The maximum atomic E-state index is 14.1. The molecule has 0 saturated carbocycles. The molecular weight excluding hydrogens is 374 g/mol. The number of aromatic nitrogens is 2. The summed E-state index contributed by atoms with van der Waals surface area (Å²) >= 11 is 6.05. The van der Waals surface area contributed by atoms with E-state index in [1.807, 2.05) is 0 Å². The lowest BCUT2D eigenvalue weighted by molar-refractivity contribution is 0.272. The van der Waals surface area contributed by atoms with Gasteiger partial charge in [-0.15, -0.1) is 0 Å². The number of allylic oxidation sites excluding steroid dienone is 2. The third-order valence-corrected chi connectivity index (χ3v) is 5.15. The molecule has 2 heterocycles. The Morgan fingerprint density at radius 3 is 3.00 bits per heavy atom. The Kier molecular flexibility index (Phi) is 4.83. The third-order valence-electron chi connectivity index (χ3n) is 4.82. The number of ether oxygens (including phenoxy) is 1. The normalized spacial score (nSPS) is 19.6. The van der Waals surface area contributed by atoms with Crippen LogP contribution in [0.15, 0.2) is 41.0 Å². The molecule has 0 saturated heterocycles. The number of fused-ring (bicyclic) bond motifs is 1. The van der Waals surface area contributed by atoms with Crippen molar-refractivity contribution in [3.63, 3.8) is 0 Å². The molecule has 2 atom stereocenters. The van der Waals surface area contributed by atoms with Gasteiger partial charge in [0, 0.05) is 22.9 Å². The van der Waals surface area contributed by atoms with Crippen molar-refractivity contribution in [1.82, 2.24) is 9.97 Å². The molecule has 27 heavy (non-hydrogen) atoms.